The molecule has 66 heavy (non-hydrogen) atoms. The molecule has 4 nitrogen and oxygen atoms in total. The Hall–Kier alpha value is -6.07. The predicted octanol–water partition coefficient (Wildman–Crippen LogP) is 14.8. The first-order valence-electron chi connectivity index (χ1n) is 24.2. The van der Waals surface area contributed by atoms with Crippen LogP contribution in [-0.4, -0.2) is 16.1 Å². The van der Waals surface area contributed by atoms with Gasteiger partial charge >= 0.3 is 0 Å². The average Bonchev–Trinajstić information content (AvgIpc) is 3.77. The largest absolute Gasteiger partial charge is 0.311 e. The van der Waals surface area contributed by atoms with E-state index in [-0.39, 0.29) is 33.8 Å². The zero-order valence-corrected chi connectivity index (χ0v) is 41.9. The van der Waals surface area contributed by atoms with Crippen LogP contribution in [0.5, 0.6) is 0 Å². The van der Waals surface area contributed by atoms with Gasteiger partial charge in [-0.05, 0) is 126 Å². The van der Waals surface area contributed by atoms with Crippen molar-refractivity contribution in [2.24, 2.45) is 0 Å². The summed E-state index contributed by atoms with van der Waals surface area (Å²) >= 11 is 0. The van der Waals surface area contributed by atoms with Crippen molar-refractivity contribution in [2.75, 3.05) is 9.80 Å². The number of fused-ring (bicyclic) bond motifs is 12. The SMILES string of the molecule is CC(C)(C)c1ccc(N2c3ccc(C(C)(C)C)cc3B3c4cc(C(C)(C)C)ccc4N(c4ccc(C(C)(C)C)cc4)c4c3c2c2c3cc(C(C)(C)C)ccc3n3c5cnccc5c4c23)cc1. The van der Waals surface area contributed by atoms with Crippen LogP contribution in [0.2, 0.25) is 0 Å². The predicted molar refractivity (Wildman–Crippen MR) is 286 cm³/mol. The molecular formula is C61H65BN4. The highest BCUT2D eigenvalue weighted by Gasteiger charge is 2.47. The summed E-state index contributed by atoms with van der Waals surface area (Å²) < 4.78 is 2.54. The van der Waals surface area contributed by atoms with Gasteiger partial charge in [-0.2, -0.15) is 0 Å². The summed E-state index contributed by atoms with van der Waals surface area (Å²) in [5.41, 5.74) is 21.6. The molecule has 0 bridgehead atoms. The Morgan fingerprint density at radius 2 is 0.818 bits per heavy atom. The molecule has 0 saturated heterocycles. The molecule has 0 aliphatic carbocycles. The molecule has 11 rings (SSSR count). The Morgan fingerprint density at radius 1 is 0.409 bits per heavy atom. The molecule has 0 fully saturated rings. The summed E-state index contributed by atoms with van der Waals surface area (Å²) in [6.07, 6.45) is 4.08. The molecule has 5 heteroatoms. The van der Waals surface area contributed by atoms with Gasteiger partial charge in [0.05, 0.1) is 34.1 Å². The lowest BCUT2D eigenvalue weighted by molar-refractivity contribution is 0.590. The Balaban J connectivity index is 1.41. The molecule has 2 aliphatic heterocycles. The van der Waals surface area contributed by atoms with Crippen LogP contribution in [0.3, 0.4) is 0 Å². The summed E-state index contributed by atoms with van der Waals surface area (Å²) in [6, 6.07) is 43.2. The van der Waals surface area contributed by atoms with Crippen molar-refractivity contribution in [3.63, 3.8) is 0 Å². The topological polar surface area (TPSA) is 23.8 Å². The van der Waals surface area contributed by atoms with Crippen molar-refractivity contribution in [2.45, 2.75) is 131 Å². The molecule has 332 valence electrons. The fraction of sp³-hybridized carbons (Fsp3) is 0.328. The molecule has 0 amide bonds. The van der Waals surface area contributed by atoms with E-state index in [1.807, 2.05) is 6.20 Å². The van der Waals surface area contributed by atoms with Crippen LogP contribution in [-0.2, 0) is 27.1 Å². The molecular weight excluding hydrogens is 800 g/mol. The van der Waals surface area contributed by atoms with E-state index in [0.717, 1.165) is 5.52 Å². The van der Waals surface area contributed by atoms with E-state index in [2.05, 4.69) is 233 Å². The summed E-state index contributed by atoms with van der Waals surface area (Å²) in [4.78, 5) is 10.1. The fourth-order valence-corrected chi connectivity index (χ4v) is 11.1. The second-order valence-corrected chi connectivity index (χ2v) is 24.7. The maximum atomic E-state index is 4.84. The Morgan fingerprint density at radius 3 is 1.27 bits per heavy atom. The minimum absolute atomic E-state index is 0.0198. The van der Waals surface area contributed by atoms with Crippen molar-refractivity contribution in [1.29, 1.82) is 0 Å². The molecule has 5 heterocycles. The lowest BCUT2D eigenvalue weighted by atomic mass is 9.33. The maximum absolute atomic E-state index is 4.84. The maximum Gasteiger partial charge on any atom is 0.252 e. The molecule has 3 aromatic heterocycles. The smallest absolute Gasteiger partial charge is 0.252 e. The van der Waals surface area contributed by atoms with Gasteiger partial charge in [-0.3, -0.25) is 4.98 Å². The number of aromatic nitrogens is 2. The quantitative estimate of drug-likeness (QED) is 0.162. The van der Waals surface area contributed by atoms with Crippen molar-refractivity contribution >= 4 is 95.3 Å². The summed E-state index contributed by atoms with van der Waals surface area (Å²) in [6.45, 7) is 34.9. The first kappa shape index (κ1) is 42.6. The van der Waals surface area contributed by atoms with Crippen LogP contribution in [0.1, 0.15) is 132 Å². The van der Waals surface area contributed by atoms with Gasteiger partial charge in [0.1, 0.15) is 0 Å². The van der Waals surface area contributed by atoms with Gasteiger partial charge in [-0.25, -0.2) is 0 Å². The third kappa shape index (κ3) is 6.21. The lowest BCUT2D eigenvalue weighted by Crippen LogP contribution is -2.61. The zero-order chi connectivity index (χ0) is 46.8. The van der Waals surface area contributed by atoms with Gasteiger partial charge in [0.2, 0.25) is 0 Å². The lowest BCUT2D eigenvalue weighted by Gasteiger charge is -2.45. The molecule has 0 spiro atoms. The fourth-order valence-electron chi connectivity index (χ4n) is 11.1. The van der Waals surface area contributed by atoms with Crippen molar-refractivity contribution in [3.05, 3.63) is 149 Å². The van der Waals surface area contributed by atoms with Gasteiger partial charge in [0.15, 0.2) is 0 Å². The Bertz CT molecular complexity index is 3400. The summed E-state index contributed by atoms with van der Waals surface area (Å²) in [7, 11) is 0. The van der Waals surface area contributed by atoms with E-state index < -0.39 is 0 Å². The minimum atomic E-state index is -0.0519. The number of benzene rings is 6. The van der Waals surface area contributed by atoms with Crippen molar-refractivity contribution in [1.82, 2.24) is 9.38 Å². The van der Waals surface area contributed by atoms with Crippen LogP contribution in [0, 0.1) is 0 Å². The average molecular weight is 865 g/mol. The first-order chi connectivity index (χ1) is 30.9. The normalized spacial score (nSPS) is 14.5. The Labute approximate surface area is 393 Å². The summed E-state index contributed by atoms with van der Waals surface area (Å²) in [5, 5.41) is 5.09. The standard InChI is InChI=1S/C61H65BN4/c1-57(2,3)36-16-23-41(24-17-36)64-48-28-21-39(60(10,11)12)33-45(48)62-46-34-40(61(13,14)15)22-29-49(46)65(42-25-18-37(19-26-42)58(4,5)6)56-52-44-32-38(59(7,8)9)20-27-47(44)66-50-35-63-31-30-43(50)51(54(52)66)55(64)53(56)62/h16-35H,1-15H3. The third-order valence-corrected chi connectivity index (χ3v) is 15.0. The van der Waals surface area contributed by atoms with Gasteiger partial charge in [-0.1, -0.05) is 158 Å². The molecule has 0 radical (unpaired) electrons. The second-order valence-electron chi connectivity index (χ2n) is 24.7. The van der Waals surface area contributed by atoms with Crippen molar-refractivity contribution < 1.29 is 0 Å². The number of hydrogen-bond acceptors (Lipinski definition) is 3. The molecule has 0 saturated carbocycles. The van der Waals surface area contributed by atoms with Crippen LogP contribution in [0.25, 0.3) is 38.1 Å². The highest BCUT2D eigenvalue weighted by molar-refractivity contribution is 7.01. The molecule has 0 N–H and O–H groups in total. The molecule has 9 aromatic rings. The van der Waals surface area contributed by atoms with E-state index in [1.165, 1.54) is 111 Å². The first-order valence-corrected chi connectivity index (χ1v) is 24.2. The van der Waals surface area contributed by atoms with E-state index in [0.29, 0.717) is 0 Å². The van der Waals surface area contributed by atoms with E-state index in [4.69, 9.17) is 4.98 Å². The number of rotatable bonds is 2. The zero-order valence-electron chi connectivity index (χ0n) is 41.9. The van der Waals surface area contributed by atoms with E-state index >= 15 is 0 Å². The third-order valence-electron chi connectivity index (χ3n) is 15.0. The number of hydrogen-bond donors (Lipinski definition) is 0. The monoisotopic (exact) mass is 865 g/mol. The highest BCUT2D eigenvalue weighted by Crippen LogP contribution is 2.55. The minimum Gasteiger partial charge on any atom is -0.311 e. The van der Waals surface area contributed by atoms with Crippen molar-refractivity contribution in [3.8, 4) is 0 Å². The molecule has 2 aliphatic rings. The van der Waals surface area contributed by atoms with E-state index in [1.54, 1.807) is 0 Å². The van der Waals surface area contributed by atoms with Gasteiger partial charge in [0.25, 0.3) is 6.71 Å². The second kappa shape index (κ2) is 13.8. The van der Waals surface area contributed by atoms with Gasteiger partial charge in [0, 0.05) is 50.5 Å². The van der Waals surface area contributed by atoms with E-state index in [9.17, 15) is 0 Å². The molecule has 0 atom stereocenters. The Kier molecular flexibility index (Phi) is 8.87. The van der Waals surface area contributed by atoms with Gasteiger partial charge < -0.3 is 14.2 Å². The van der Waals surface area contributed by atoms with Crippen LogP contribution in [0.4, 0.5) is 34.1 Å². The number of anilines is 6. The van der Waals surface area contributed by atoms with Crippen LogP contribution >= 0.6 is 0 Å². The molecule has 6 aromatic carbocycles. The van der Waals surface area contributed by atoms with Crippen LogP contribution < -0.4 is 26.2 Å². The number of nitrogens with zero attached hydrogens (tertiary/aromatic N) is 4. The summed E-state index contributed by atoms with van der Waals surface area (Å²) in [5.74, 6) is 0. The highest BCUT2D eigenvalue weighted by atomic mass is 15.2. The molecule has 0 unspecified atom stereocenters. The van der Waals surface area contributed by atoms with Gasteiger partial charge in [-0.15, -0.1) is 0 Å². The van der Waals surface area contributed by atoms with Crippen LogP contribution in [0.15, 0.2) is 122 Å². The number of pyridine rings is 1.